The zero-order valence-electron chi connectivity index (χ0n) is 15.8. The number of benzene rings is 1. The van der Waals surface area contributed by atoms with E-state index in [-0.39, 0.29) is 5.91 Å². The second kappa shape index (κ2) is 9.60. The van der Waals surface area contributed by atoms with Crippen LogP contribution in [-0.2, 0) is 17.8 Å². The fourth-order valence-electron chi connectivity index (χ4n) is 2.38. The number of rotatable bonds is 7. The van der Waals surface area contributed by atoms with Gasteiger partial charge in [-0.25, -0.2) is 9.98 Å². The zero-order chi connectivity index (χ0) is 18.9. The van der Waals surface area contributed by atoms with Crippen molar-refractivity contribution in [3.63, 3.8) is 0 Å². The number of aryl methyl sites for hydroxylation is 2. The molecule has 0 fully saturated rings. The molecule has 0 aliphatic rings. The summed E-state index contributed by atoms with van der Waals surface area (Å²) in [7, 11) is 0. The maximum absolute atomic E-state index is 11.0. The molecule has 0 saturated carbocycles. The third kappa shape index (κ3) is 6.23. The minimum Gasteiger partial charge on any atom is -0.444 e. The fourth-order valence-corrected chi connectivity index (χ4v) is 2.38. The van der Waals surface area contributed by atoms with Crippen LogP contribution in [0.15, 0.2) is 33.7 Å². The van der Waals surface area contributed by atoms with E-state index in [0.29, 0.717) is 12.4 Å². The lowest BCUT2D eigenvalue weighted by Gasteiger charge is -2.11. The van der Waals surface area contributed by atoms with Crippen LogP contribution in [0, 0.1) is 13.8 Å². The van der Waals surface area contributed by atoms with Crippen LogP contribution < -0.4 is 16.0 Å². The van der Waals surface area contributed by atoms with E-state index >= 15 is 0 Å². The number of oxazole rings is 1. The van der Waals surface area contributed by atoms with Crippen LogP contribution in [0.25, 0.3) is 0 Å². The van der Waals surface area contributed by atoms with Crippen molar-refractivity contribution in [3.05, 3.63) is 47.2 Å². The molecule has 0 atom stereocenters. The average molecular weight is 357 g/mol. The molecule has 1 aromatic heterocycles. The molecule has 7 nitrogen and oxygen atoms in total. The minimum atomic E-state index is -0.0673. The summed E-state index contributed by atoms with van der Waals surface area (Å²) in [6, 6.07) is 7.83. The summed E-state index contributed by atoms with van der Waals surface area (Å²) in [6.07, 6.45) is 0.849. The molecule has 0 aliphatic carbocycles. The number of amides is 1. The maximum atomic E-state index is 11.0. The van der Waals surface area contributed by atoms with Gasteiger partial charge in [0.2, 0.25) is 11.8 Å². The summed E-state index contributed by atoms with van der Waals surface area (Å²) in [5.74, 6) is 2.11. The van der Waals surface area contributed by atoms with Crippen LogP contribution in [0.1, 0.15) is 36.8 Å². The molecule has 26 heavy (non-hydrogen) atoms. The average Bonchev–Trinajstić information content (AvgIpc) is 2.92. The van der Waals surface area contributed by atoms with Crippen molar-refractivity contribution in [1.82, 2.24) is 15.6 Å². The van der Waals surface area contributed by atoms with Gasteiger partial charge in [0, 0.05) is 25.7 Å². The number of carbonyl (C=O) groups excluding carboxylic acids is 1. The monoisotopic (exact) mass is 357 g/mol. The third-order valence-electron chi connectivity index (χ3n) is 3.77. The quantitative estimate of drug-likeness (QED) is 0.523. The first kappa shape index (κ1) is 19.5. The number of hydrogen-bond donors (Lipinski definition) is 3. The number of nitrogens with one attached hydrogen (secondary N) is 3. The van der Waals surface area contributed by atoms with Gasteiger partial charge >= 0.3 is 0 Å². The molecule has 2 aromatic rings. The number of carbonyl (C=O) groups is 1. The Hall–Kier alpha value is -2.83. The second-order valence-corrected chi connectivity index (χ2v) is 6.00. The zero-order valence-corrected chi connectivity index (χ0v) is 15.8. The predicted octanol–water partition coefficient (Wildman–Crippen LogP) is 2.55. The van der Waals surface area contributed by atoms with E-state index in [1.165, 1.54) is 12.5 Å². The molecular formula is C19H27N5O2. The molecule has 1 aromatic carbocycles. The Morgan fingerprint density at radius 2 is 1.92 bits per heavy atom. The normalized spacial score (nSPS) is 11.3. The van der Waals surface area contributed by atoms with Crippen LogP contribution in [0.2, 0.25) is 0 Å². The van der Waals surface area contributed by atoms with E-state index in [9.17, 15) is 4.79 Å². The summed E-state index contributed by atoms with van der Waals surface area (Å²) >= 11 is 0. The molecule has 0 aliphatic heterocycles. The Balaban J connectivity index is 1.85. The molecule has 0 saturated heterocycles. The maximum Gasteiger partial charge on any atom is 0.221 e. The number of hydrogen-bond acceptors (Lipinski definition) is 4. The van der Waals surface area contributed by atoms with Crippen molar-refractivity contribution < 1.29 is 9.21 Å². The summed E-state index contributed by atoms with van der Waals surface area (Å²) in [5, 5.41) is 9.28. The van der Waals surface area contributed by atoms with Gasteiger partial charge in [-0.15, -0.1) is 0 Å². The van der Waals surface area contributed by atoms with Gasteiger partial charge in [0.05, 0.1) is 5.69 Å². The molecule has 1 heterocycles. The van der Waals surface area contributed by atoms with Crippen LogP contribution in [-0.4, -0.2) is 29.9 Å². The van der Waals surface area contributed by atoms with Gasteiger partial charge in [-0.3, -0.25) is 4.79 Å². The molecule has 2 rings (SSSR count). The third-order valence-corrected chi connectivity index (χ3v) is 3.77. The van der Waals surface area contributed by atoms with Crippen molar-refractivity contribution in [3.8, 4) is 0 Å². The van der Waals surface area contributed by atoms with Crippen molar-refractivity contribution in [2.75, 3.05) is 18.4 Å². The van der Waals surface area contributed by atoms with Gasteiger partial charge in [-0.1, -0.05) is 12.1 Å². The Morgan fingerprint density at radius 3 is 2.50 bits per heavy atom. The molecule has 0 radical (unpaired) electrons. The molecule has 3 N–H and O–H groups in total. The van der Waals surface area contributed by atoms with E-state index < -0.39 is 0 Å². The van der Waals surface area contributed by atoms with Crippen molar-refractivity contribution in [2.24, 2.45) is 4.99 Å². The molecule has 0 spiro atoms. The van der Waals surface area contributed by atoms with Gasteiger partial charge < -0.3 is 20.4 Å². The topological polar surface area (TPSA) is 91.6 Å². The summed E-state index contributed by atoms with van der Waals surface area (Å²) in [4.78, 5) is 19.9. The first-order chi connectivity index (χ1) is 12.5. The Labute approximate surface area is 154 Å². The second-order valence-electron chi connectivity index (χ2n) is 6.00. The summed E-state index contributed by atoms with van der Waals surface area (Å²) in [5.41, 5.74) is 2.89. The molecule has 0 bridgehead atoms. The highest BCUT2D eigenvalue weighted by molar-refractivity contribution is 5.88. The summed E-state index contributed by atoms with van der Waals surface area (Å²) in [6.45, 7) is 9.27. The van der Waals surface area contributed by atoms with E-state index in [4.69, 9.17) is 4.42 Å². The van der Waals surface area contributed by atoms with Crippen LogP contribution >= 0.6 is 0 Å². The van der Waals surface area contributed by atoms with Crippen molar-refractivity contribution in [2.45, 2.75) is 40.7 Å². The largest absolute Gasteiger partial charge is 0.444 e. The van der Waals surface area contributed by atoms with Gasteiger partial charge in [-0.05, 0) is 44.9 Å². The Bertz CT molecular complexity index is 730. The lowest BCUT2D eigenvalue weighted by molar-refractivity contribution is -0.114. The van der Waals surface area contributed by atoms with Gasteiger partial charge in [0.15, 0.2) is 5.96 Å². The highest BCUT2D eigenvalue weighted by atomic mass is 16.4. The summed E-state index contributed by atoms with van der Waals surface area (Å²) < 4.78 is 5.55. The lowest BCUT2D eigenvalue weighted by Crippen LogP contribution is -2.38. The number of nitrogens with zero attached hydrogens (tertiary/aromatic N) is 2. The van der Waals surface area contributed by atoms with Crippen LogP contribution in [0.5, 0.6) is 0 Å². The molecule has 0 unspecified atom stereocenters. The highest BCUT2D eigenvalue weighted by Crippen LogP contribution is 2.10. The van der Waals surface area contributed by atoms with E-state index in [1.54, 1.807) is 0 Å². The Morgan fingerprint density at radius 1 is 1.19 bits per heavy atom. The number of aromatic nitrogens is 1. The smallest absolute Gasteiger partial charge is 0.221 e. The molecule has 7 heteroatoms. The van der Waals surface area contributed by atoms with Gasteiger partial charge in [-0.2, -0.15) is 0 Å². The van der Waals surface area contributed by atoms with Gasteiger partial charge in [0.1, 0.15) is 12.3 Å². The SMILES string of the molecule is CCNC(=NCc1nc(C)c(C)o1)NCCc1ccc(NC(C)=O)cc1. The number of guanidine groups is 1. The van der Waals surface area contributed by atoms with Gasteiger partial charge in [0.25, 0.3) is 0 Å². The predicted molar refractivity (Wildman–Crippen MR) is 103 cm³/mol. The molecule has 140 valence electrons. The van der Waals surface area contributed by atoms with Crippen LogP contribution in [0.4, 0.5) is 5.69 Å². The molecular weight excluding hydrogens is 330 g/mol. The van der Waals surface area contributed by atoms with E-state index in [2.05, 4.69) is 25.9 Å². The first-order valence-electron chi connectivity index (χ1n) is 8.79. The molecule has 1 amide bonds. The van der Waals surface area contributed by atoms with E-state index in [1.807, 2.05) is 45.0 Å². The fraction of sp³-hybridized carbons (Fsp3) is 0.421. The van der Waals surface area contributed by atoms with Crippen LogP contribution in [0.3, 0.4) is 0 Å². The highest BCUT2D eigenvalue weighted by Gasteiger charge is 2.05. The minimum absolute atomic E-state index is 0.0673. The van der Waals surface area contributed by atoms with Crippen molar-refractivity contribution in [1.29, 1.82) is 0 Å². The van der Waals surface area contributed by atoms with E-state index in [0.717, 1.165) is 42.6 Å². The first-order valence-corrected chi connectivity index (χ1v) is 8.79. The Kier molecular flexibility index (Phi) is 7.20. The number of aliphatic imine (C=N–C) groups is 1. The standard InChI is InChI=1S/C19H27N5O2/c1-5-20-19(22-12-18-23-13(2)14(3)26-18)21-11-10-16-6-8-17(9-7-16)24-15(4)25/h6-9H,5,10-12H2,1-4H3,(H,24,25)(H2,20,21,22). The van der Waals surface area contributed by atoms with Crippen molar-refractivity contribution >= 4 is 17.6 Å². The lowest BCUT2D eigenvalue weighted by atomic mass is 10.1. The number of anilines is 1.